The number of nitrogens with zero attached hydrogens (tertiary/aromatic N) is 2. The summed E-state index contributed by atoms with van der Waals surface area (Å²) in [5.41, 5.74) is 22.6. The Hall–Kier alpha value is -6.98. The molecule has 5 aromatic heterocycles. The number of thiazole rings is 1. The van der Waals surface area contributed by atoms with Crippen LogP contribution in [0.25, 0.3) is 84.3 Å². The van der Waals surface area contributed by atoms with Crippen molar-refractivity contribution in [3.05, 3.63) is 212 Å². The summed E-state index contributed by atoms with van der Waals surface area (Å²) in [6.07, 6.45) is 28.4. The number of benzene rings is 6. The van der Waals surface area contributed by atoms with Crippen LogP contribution in [0.3, 0.4) is 0 Å². The number of rotatable bonds is 30. The quantitative estimate of drug-likeness (QED) is 0.0456. The molecule has 4 nitrogen and oxygen atoms in total. The van der Waals surface area contributed by atoms with Crippen molar-refractivity contribution < 1.29 is 9.90 Å². The van der Waals surface area contributed by atoms with Gasteiger partial charge in [-0.05, 0) is 215 Å². The van der Waals surface area contributed by atoms with Gasteiger partial charge in [0.05, 0.1) is 15.8 Å². The van der Waals surface area contributed by atoms with Gasteiger partial charge in [0, 0.05) is 66.9 Å². The third kappa shape index (κ3) is 13.9. The molecule has 0 radical (unpaired) electrons. The van der Waals surface area contributed by atoms with Gasteiger partial charge in [-0.1, -0.05) is 205 Å². The number of thiophene rings is 4. The lowest BCUT2D eigenvalue weighted by Gasteiger charge is -2.29. The number of aromatic carboxylic acids is 1. The molecule has 0 saturated carbocycles. The number of carboxylic acids is 1. The van der Waals surface area contributed by atoms with Crippen molar-refractivity contribution in [2.75, 3.05) is 4.90 Å². The number of aromatic nitrogens is 1. The van der Waals surface area contributed by atoms with Crippen molar-refractivity contribution in [1.29, 1.82) is 0 Å². The van der Waals surface area contributed by atoms with E-state index in [9.17, 15) is 9.90 Å². The predicted octanol–water partition coefficient (Wildman–Crippen LogP) is 27.7. The maximum Gasteiger partial charge on any atom is 0.335 e. The van der Waals surface area contributed by atoms with Crippen molar-refractivity contribution in [2.45, 2.75) is 195 Å². The van der Waals surface area contributed by atoms with Crippen LogP contribution in [-0.2, 0) is 36.5 Å². The van der Waals surface area contributed by atoms with Crippen molar-refractivity contribution in [3.63, 3.8) is 0 Å². The largest absolute Gasteiger partial charge is 0.478 e. The van der Waals surface area contributed by atoms with Gasteiger partial charge in [0.15, 0.2) is 0 Å². The molecule has 5 heterocycles. The monoisotopic (exact) mass is 1340 g/mol. The highest BCUT2D eigenvalue weighted by Crippen LogP contribution is 2.55. The van der Waals surface area contributed by atoms with Gasteiger partial charge in [-0.3, -0.25) is 0 Å². The zero-order valence-corrected chi connectivity index (χ0v) is 61.1. The number of unbranched alkanes of at least 4 members (excludes halogenated alkanes) is 12. The van der Waals surface area contributed by atoms with Gasteiger partial charge in [-0.15, -0.1) is 56.7 Å². The Morgan fingerprint density at radius 1 is 0.421 bits per heavy atom. The zero-order valence-electron chi connectivity index (χ0n) is 57.0. The molecule has 0 aliphatic heterocycles. The summed E-state index contributed by atoms with van der Waals surface area (Å²) >= 11 is 9.60. The predicted molar refractivity (Wildman–Crippen MR) is 416 cm³/mol. The molecule has 0 bridgehead atoms. The third-order valence-electron chi connectivity index (χ3n) is 20.2. The number of hydrogen-bond acceptors (Lipinski definition) is 8. The molecule has 11 aromatic rings. The van der Waals surface area contributed by atoms with Gasteiger partial charge in [-0.2, -0.15) is 0 Å². The van der Waals surface area contributed by atoms with Crippen LogP contribution in [0.5, 0.6) is 0 Å². The van der Waals surface area contributed by atoms with Gasteiger partial charge >= 0.3 is 5.97 Å². The third-order valence-corrected chi connectivity index (χ3v) is 26.5. The molecular formula is C86H92N2O2S5. The maximum atomic E-state index is 11.8. The summed E-state index contributed by atoms with van der Waals surface area (Å²) in [5.74, 6) is -0.913. The Kier molecular flexibility index (Phi) is 20.6. The minimum absolute atomic E-state index is 0.0769. The van der Waals surface area contributed by atoms with E-state index in [0.717, 1.165) is 46.6 Å². The second-order valence-electron chi connectivity index (χ2n) is 27.7. The number of hydrogen-bond donors (Lipinski definition) is 1. The van der Waals surface area contributed by atoms with Crippen LogP contribution in [0.15, 0.2) is 152 Å². The first-order valence-corrected chi connectivity index (χ1v) is 39.6. The van der Waals surface area contributed by atoms with Crippen LogP contribution in [0.4, 0.5) is 17.1 Å². The second kappa shape index (κ2) is 29.4. The first-order chi connectivity index (χ1) is 46.3. The molecule has 2 aliphatic rings. The highest BCUT2D eigenvalue weighted by atomic mass is 32.1. The minimum atomic E-state index is -0.913. The molecule has 0 fully saturated rings. The van der Waals surface area contributed by atoms with E-state index in [2.05, 4.69) is 217 Å². The summed E-state index contributed by atoms with van der Waals surface area (Å²) in [7, 11) is 0. The van der Waals surface area contributed by atoms with E-state index in [1.807, 2.05) is 40.1 Å². The van der Waals surface area contributed by atoms with Crippen molar-refractivity contribution in [2.24, 2.45) is 0 Å². The molecule has 2 aliphatic carbocycles. The van der Waals surface area contributed by atoms with E-state index in [1.165, 1.54) is 225 Å². The zero-order chi connectivity index (χ0) is 65.8. The Bertz CT molecular complexity index is 4550. The molecule has 9 heteroatoms. The molecule has 488 valence electrons. The van der Waals surface area contributed by atoms with Crippen LogP contribution in [-0.4, -0.2) is 16.1 Å². The maximum absolute atomic E-state index is 11.8. The SMILES string of the molecule is CCCCCCc1cc(-c2sc(-c3sc(-c4sc(/C=C/c5nc6ccc(C(=O)O)cc6s5)cc4CCCCCC)cc3CCCCCC)cc2CCCCCC)sc1-c1ccc(N(c2ccc3c(c2)-c2ccccc2C3(C)C)c2ccc3c(c2)C(C)(C)c2ccccc2-3)cc1. The Morgan fingerprint density at radius 3 is 1.45 bits per heavy atom. The van der Waals surface area contributed by atoms with Crippen LogP contribution in [0.2, 0.25) is 0 Å². The highest BCUT2D eigenvalue weighted by Gasteiger charge is 2.38. The average Bonchev–Trinajstić information content (AvgIpc) is 1.60. The molecule has 0 atom stereocenters. The molecule has 0 saturated heterocycles. The van der Waals surface area contributed by atoms with Crippen molar-refractivity contribution >= 4 is 102 Å². The molecule has 13 rings (SSSR count). The number of anilines is 3. The van der Waals surface area contributed by atoms with Gasteiger partial charge in [0.1, 0.15) is 5.01 Å². The molecule has 0 unspecified atom stereocenters. The van der Waals surface area contributed by atoms with Gasteiger partial charge in [0.2, 0.25) is 0 Å². The van der Waals surface area contributed by atoms with E-state index < -0.39 is 5.97 Å². The summed E-state index contributed by atoms with van der Waals surface area (Å²) in [6, 6.07) is 57.6. The lowest BCUT2D eigenvalue weighted by molar-refractivity contribution is 0.0697. The Morgan fingerprint density at radius 2 is 0.884 bits per heavy atom. The van der Waals surface area contributed by atoms with E-state index in [0.29, 0.717) is 5.56 Å². The van der Waals surface area contributed by atoms with Gasteiger partial charge in [0.25, 0.3) is 0 Å². The van der Waals surface area contributed by atoms with E-state index in [-0.39, 0.29) is 10.8 Å². The Labute approximate surface area is 585 Å². The number of aryl methyl sites for hydroxylation is 4. The fourth-order valence-corrected chi connectivity index (χ4v) is 21.0. The van der Waals surface area contributed by atoms with Gasteiger partial charge < -0.3 is 10.0 Å². The molecule has 0 amide bonds. The lowest BCUT2D eigenvalue weighted by Crippen LogP contribution is -2.17. The summed E-state index contributed by atoms with van der Waals surface area (Å²) in [6.45, 7) is 18.8. The highest BCUT2D eigenvalue weighted by molar-refractivity contribution is 7.29. The molecule has 1 N–H and O–H groups in total. The topological polar surface area (TPSA) is 53.4 Å². The lowest BCUT2D eigenvalue weighted by atomic mass is 9.82. The fraction of sp³-hybridized carbons (Fsp3) is 0.349. The number of fused-ring (bicyclic) bond motifs is 7. The summed E-state index contributed by atoms with van der Waals surface area (Å²) in [4.78, 5) is 30.4. The summed E-state index contributed by atoms with van der Waals surface area (Å²) < 4.78 is 0.896. The first-order valence-electron chi connectivity index (χ1n) is 35.5. The standard InChI is InChI=1S/C86H92N2O2S5/c1-9-13-17-21-29-57-49-65(44-48-79-87-74-47-39-61(84(89)90)53-75(74)92-79)91-81(57)76-51-59(31-23-19-15-11-3)83(94-76)78-52-60(32-24-20-16-12-4)82(95-78)77-50-58(30-22-18-14-10-2)80(93-77)56-37-40-62(41-38-56)88(63-43-46-72-69(54-63)67-34-26-28-36-71(67)85(72,5)6)64-42-45-68-66-33-25-27-35-70(66)86(7,8)73(68)55-64/h25-28,33-55H,9-24,29-32H2,1-8H3,(H,89,90)/b48-44+. The average molecular weight is 1350 g/mol. The van der Waals surface area contributed by atoms with Crippen LogP contribution in [0, 0.1) is 0 Å². The normalized spacial score (nSPS) is 13.5. The first kappa shape index (κ1) is 66.6. The molecule has 6 aromatic carbocycles. The molecule has 95 heavy (non-hydrogen) atoms. The fourth-order valence-electron chi connectivity index (χ4n) is 14.9. The molecular weight excluding hydrogens is 1250 g/mol. The van der Waals surface area contributed by atoms with E-state index >= 15 is 0 Å². The van der Waals surface area contributed by atoms with Crippen LogP contribution < -0.4 is 4.90 Å². The number of carboxylic acid groups (broad SMARTS) is 1. The van der Waals surface area contributed by atoms with E-state index in [1.54, 1.807) is 23.5 Å². The molecule has 0 spiro atoms. The van der Waals surface area contributed by atoms with Crippen LogP contribution >= 0.6 is 56.7 Å². The van der Waals surface area contributed by atoms with Gasteiger partial charge in [-0.25, -0.2) is 9.78 Å². The van der Waals surface area contributed by atoms with Crippen molar-refractivity contribution in [3.8, 4) is 62.0 Å². The minimum Gasteiger partial charge on any atom is -0.478 e. The summed E-state index contributed by atoms with van der Waals surface area (Å²) in [5, 5.41) is 10.6. The number of carbonyl (C=O) groups is 1. The smallest absolute Gasteiger partial charge is 0.335 e. The van der Waals surface area contributed by atoms with Crippen molar-refractivity contribution in [1.82, 2.24) is 4.98 Å². The van der Waals surface area contributed by atoms with E-state index in [4.69, 9.17) is 4.98 Å². The second-order valence-corrected chi connectivity index (χ2v) is 33.0. The van der Waals surface area contributed by atoms with Crippen LogP contribution in [0.1, 0.15) is 223 Å². The Balaban J connectivity index is 0.880.